The molecular weight excluding hydrogens is 552 g/mol. The highest BCUT2D eigenvalue weighted by molar-refractivity contribution is 9.10. The van der Waals surface area contributed by atoms with Gasteiger partial charge in [0, 0.05) is 36.6 Å². The van der Waals surface area contributed by atoms with Crippen LogP contribution >= 0.6 is 15.9 Å². The van der Waals surface area contributed by atoms with E-state index < -0.39 is 10.0 Å². The monoisotopic (exact) mass is 582 g/mol. The number of nitrogens with zero attached hydrogens (tertiary/aromatic N) is 6. The fraction of sp³-hybridized carbons (Fsp3) is 0.370. The smallest absolute Gasteiger partial charge is 0.243 e. The molecule has 5 rings (SSSR count). The Morgan fingerprint density at radius 2 is 1.73 bits per heavy atom. The summed E-state index contributed by atoms with van der Waals surface area (Å²) in [6.45, 7) is 6.42. The van der Waals surface area contributed by atoms with Gasteiger partial charge in [-0.2, -0.15) is 9.40 Å². The third-order valence-electron chi connectivity index (χ3n) is 6.79. The molecule has 1 aliphatic heterocycles. The van der Waals surface area contributed by atoms with Gasteiger partial charge in [0.15, 0.2) is 5.65 Å². The van der Waals surface area contributed by atoms with Gasteiger partial charge in [-0.3, -0.25) is 0 Å². The molecule has 2 aromatic carbocycles. The number of rotatable bonds is 7. The maximum absolute atomic E-state index is 13.3. The SMILES string of the molecule is CCCC(C)c1nc(N2CCCN(S(=O)(=O)c3ccc(Br)cc3)CC2)c2cnn(-c3ccccc3)c2n1. The molecule has 37 heavy (non-hydrogen) atoms. The molecule has 0 saturated carbocycles. The number of halogens is 1. The van der Waals surface area contributed by atoms with E-state index in [1.165, 1.54) is 0 Å². The van der Waals surface area contributed by atoms with E-state index in [0.29, 0.717) is 37.5 Å². The average Bonchev–Trinajstić information content (AvgIpc) is 3.17. The maximum atomic E-state index is 13.3. The molecule has 0 spiro atoms. The lowest BCUT2D eigenvalue weighted by Crippen LogP contribution is -2.35. The second kappa shape index (κ2) is 10.9. The highest BCUT2D eigenvalue weighted by Crippen LogP contribution is 2.30. The molecule has 0 aliphatic carbocycles. The van der Waals surface area contributed by atoms with Crippen LogP contribution in [-0.4, -0.2) is 58.7 Å². The van der Waals surface area contributed by atoms with E-state index in [2.05, 4.69) is 39.8 Å². The molecule has 1 saturated heterocycles. The molecule has 2 aromatic heterocycles. The molecule has 0 radical (unpaired) electrons. The Labute approximate surface area is 226 Å². The molecule has 8 nitrogen and oxygen atoms in total. The van der Waals surface area contributed by atoms with Gasteiger partial charge in [0.25, 0.3) is 0 Å². The molecule has 10 heteroatoms. The Balaban J connectivity index is 1.50. The zero-order valence-electron chi connectivity index (χ0n) is 21.1. The van der Waals surface area contributed by atoms with Crippen LogP contribution in [0.3, 0.4) is 0 Å². The fourth-order valence-electron chi connectivity index (χ4n) is 4.79. The van der Waals surface area contributed by atoms with Crippen molar-refractivity contribution in [1.82, 2.24) is 24.1 Å². The summed E-state index contributed by atoms with van der Waals surface area (Å²) < 4.78 is 31.0. The Morgan fingerprint density at radius 1 is 0.973 bits per heavy atom. The van der Waals surface area contributed by atoms with Crippen LogP contribution in [0, 0.1) is 0 Å². The molecule has 1 fully saturated rings. The van der Waals surface area contributed by atoms with Crippen molar-refractivity contribution < 1.29 is 8.42 Å². The number of para-hydroxylation sites is 1. The normalized spacial score (nSPS) is 16.1. The number of anilines is 1. The van der Waals surface area contributed by atoms with Crippen LogP contribution in [0.25, 0.3) is 16.7 Å². The van der Waals surface area contributed by atoms with E-state index in [1.54, 1.807) is 28.6 Å². The zero-order valence-corrected chi connectivity index (χ0v) is 23.5. The minimum absolute atomic E-state index is 0.202. The van der Waals surface area contributed by atoms with E-state index in [9.17, 15) is 8.42 Å². The van der Waals surface area contributed by atoms with Crippen LogP contribution < -0.4 is 4.90 Å². The lowest BCUT2D eigenvalue weighted by molar-refractivity contribution is 0.433. The number of benzene rings is 2. The number of hydrogen-bond acceptors (Lipinski definition) is 6. The molecule has 0 amide bonds. The molecule has 4 aromatic rings. The van der Waals surface area contributed by atoms with Crippen molar-refractivity contribution in [3.8, 4) is 5.69 Å². The van der Waals surface area contributed by atoms with E-state index in [-0.39, 0.29) is 5.92 Å². The average molecular weight is 584 g/mol. The van der Waals surface area contributed by atoms with Crippen LogP contribution in [0.15, 0.2) is 70.2 Å². The van der Waals surface area contributed by atoms with Gasteiger partial charge in [0.2, 0.25) is 10.0 Å². The van der Waals surface area contributed by atoms with E-state index in [0.717, 1.165) is 45.7 Å². The second-order valence-electron chi connectivity index (χ2n) is 9.42. The minimum atomic E-state index is -3.57. The Hall–Kier alpha value is -2.82. The third kappa shape index (κ3) is 5.28. The summed E-state index contributed by atoms with van der Waals surface area (Å²) in [4.78, 5) is 12.5. The van der Waals surface area contributed by atoms with Gasteiger partial charge in [-0.05, 0) is 49.2 Å². The summed E-state index contributed by atoms with van der Waals surface area (Å²) >= 11 is 3.38. The second-order valence-corrected chi connectivity index (χ2v) is 12.3. The van der Waals surface area contributed by atoms with Crippen molar-refractivity contribution in [2.75, 3.05) is 31.1 Å². The van der Waals surface area contributed by atoms with Crippen LogP contribution in [-0.2, 0) is 10.0 Å². The molecule has 1 unspecified atom stereocenters. The molecule has 0 N–H and O–H groups in total. The number of hydrogen-bond donors (Lipinski definition) is 0. The summed E-state index contributed by atoms with van der Waals surface area (Å²) in [5.74, 6) is 1.83. The minimum Gasteiger partial charge on any atom is -0.355 e. The predicted octanol–water partition coefficient (Wildman–Crippen LogP) is 5.38. The van der Waals surface area contributed by atoms with Crippen molar-refractivity contribution in [3.05, 3.63) is 71.1 Å². The van der Waals surface area contributed by atoms with Gasteiger partial charge in [-0.1, -0.05) is 54.4 Å². The Bertz CT molecular complexity index is 1470. The summed E-state index contributed by atoms with van der Waals surface area (Å²) in [6, 6.07) is 16.8. The van der Waals surface area contributed by atoms with Gasteiger partial charge in [-0.15, -0.1) is 0 Å². The van der Waals surface area contributed by atoms with E-state index in [4.69, 9.17) is 9.97 Å². The first-order valence-electron chi connectivity index (χ1n) is 12.7. The van der Waals surface area contributed by atoms with Crippen molar-refractivity contribution in [2.24, 2.45) is 0 Å². The van der Waals surface area contributed by atoms with Crippen LogP contribution in [0.2, 0.25) is 0 Å². The number of fused-ring (bicyclic) bond motifs is 1. The van der Waals surface area contributed by atoms with Crippen molar-refractivity contribution in [3.63, 3.8) is 0 Å². The highest BCUT2D eigenvalue weighted by atomic mass is 79.9. The van der Waals surface area contributed by atoms with Gasteiger partial charge < -0.3 is 4.90 Å². The topological polar surface area (TPSA) is 84.2 Å². The fourth-order valence-corrected chi connectivity index (χ4v) is 6.53. The molecule has 0 bridgehead atoms. The van der Waals surface area contributed by atoms with Crippen molar-refractivity contribution in [1.29, 1.82) is 0 Å². The summed E-state index contributed by atoms with van der Waals surface area (Å²) in [6.07, 6.45) is 4.56. The van der Waals surface area contributed by atoms with Crippen molar-refractivity contribution in [2.45, 2.75) is 43.9 Å². The van der Waals surface area contributed by atoms with Gasteiger partial charge >= 0.3 is 0 Å². The third-order valence-corrected chi connectivity index (χ3v) is 9.24. The first-order chi connectivity index (χ1) is 17.9. The van der Waals surface area contributed by atoms with Crippen molar-refractivity contribution >= 4 is 42.8 Å². The van der Waals surface area contributed by atoms with Crippen LogP contribution in [0.4, 0.5) is 5.82 Å². The van der Waals surface area contributed by atoms with Gasteiger partial charge in [-0.25, -0.2) is 23.1 Å². The zero-order chi connectivity index (χ0) is 26.0. The Morgan fingerprint density at radius 3 is 2.46 bits per heavy atom. The number of sulfonamides is 1. The molecular formula is C27H31BrN6O2S. The van der Waals surface area contributed by atoms with Crippen LogP contribution in [0.5, 0.6) is 0 Å². The Kier molecular flexibility index (Phi) is 7.60. The first kappa shape index (κ1) is 25.8. The lowest BCUT2D eigenvalue weighted by Gasteiger charge is -2.24. The largest absolute Gasteiger partial charge is 0.355 e. The first-order valence-corrected chi connectivity index (χ1v) is 14.9. The number of aromatic nitrogens is 4. The molecule has 1 atom stereocenters. The summed E-state index contributed by atoms with van der Waals surface area (Å²) in [5.41, 5.74) is 1.72. The highest BCUT2D eigenvalue weighted by Gasteiger charge is 2.29. The molecule has 3 heterocycles. The predicted molar refractivity (Wildman–Crippen MR) is 150 cm³/mol. The summed E-state index contributed by atoms with van der Waals surface area (Å²) in [5, 5.41) is 5.54. The van der Waals surface area contributed by atoms with Crippen LogP contribution in [0.1, 0.15) is 44.9 Å². The van der Waals surface area contributed by atoms with E-state index in [1.807, 2.05) is 41.2 Å². The summed E-state index contributed by atoms with van der Waals surface area (Å²) in [7, 11) is -3.57. The standard InChI is InChI=1S/C27H31BrN6O2S/c1-3-8-20(2)25-30-26(24-19-29-34(27(24)31-25)22-9-5-4-6-10-22)32-15-7-16-33(18-17-32)37(35,36)23-13-11-21(28)12-14-23/h4-6,9-14,19-20H,3,7-8,15-18H2,1-2H3. The van der Waals surface area contributed by atoms with Gasteiger partial charge in [0.05, 0.1) is 22.2 Å². The quantitative estimate of drug-likeness (QED) is 0.291. The van der Waals surface area contributed by atoms with E-state index >= 15 is 0 Å². The molecule has 194 valence electrons. The lowest BCUT2D eigenvalue weighted by atomic mass is 10.1. The maximum Gasteiger partial charge on any atom is 0.243 e. The van der Waals surface area contributed by atoms with Gasteiger partial charge in [0.1, 0.15) is 11.6 Å². The molecule has 1 aliphatic rings.